The number of azide groups is 1. The lowest BCUT2D eigenvalue weighted by molar-refractivity contribution is -0.306. The molecule has 2 fully saturated rings. The number of nitrogens with one attached hydrogen (secondary N) is 2. The van der Waals surface area contributed by atoms with E-state index in [0.717, 1.165) is 22.3 Å². The van der Waals surface area contributed by atoms with Crippen molar-refractivity contribution in [2.24, 2.45) is 5.11 Å². The van der Waals surface area contributed by atoms with E-state index < -0.39 is 139 Å². The molecule has 0 radical (unpaired) electrons. The van der Waals surface area contributed by atoms with Gasteiger partial charge in [0.1, 0.15) is 55.8 Å². The standard InChI is InChI=1S/C59H60Cl3N5O18/c1-32(43(53(73)85-58(2,3)4)64-56(74)78-28-40-38-26-16-14-24-36(38)37-25-15-17-27-39(37)40)80-55-44(66-67-63)47(69)46(68)41(81-55)29-77-54-45(65-57(75)79-31-59(60,61)62)49(84-52(72)35-22-12-7-13-23-35)48(83-51(71)34-20-10-6-11-21-34)42(82-54)30-76-50(70)33-18-8-5-9-19-33/h5-27,32,40-49,54-55,68-69H,28-31H2,1-4H3,(H,64,74)(H,65,75)/t32-,41-,42-,43+,44-,45-,46+,47-,48-,49-,54-,55+/m1/s1. The number of carbonyl (C=O) groups is 6. The Labute approximate surface area is 502 Å². The number of benzene rings is 5. The smallest absolute Gasteiger partial charge is 0.407 e. The first-order valence-electron chi connectivity index (χ1n) is 26.7. The molecule has 3 aliphatic rings. The zero-order valence-corrected chi connectivity index (χ0v) is 48.3. The third kappa shape index (κ3) is 16.7. The molecule has 0 bridgehead atoms. The Bertz CT molecular complexity index is 3140. The molecule has 0 unspecified atom stereocenters. The van der Waals surface area contributed by atoms with Gasteiger partial charge in [-0.1, -0.05) is 143 Å². The number of amides is 2. The minimum Gasteiger partial charge on any atom is -0.459 e. The summed E-state index contributed by atoms with van der Waals surface area (Å²) in [4.78, 5) is 85.9. The van der Waals surface area contributed by atoms with Crippen molar-refractivity contribution < 1.29 is 86.3 Å². The quantitative estimate of drug-likeness (QED) is 0.0142. The lowest BCUT2D eigenvalue weighted by Gasteiger charge is -2.46. The zero-order chi connectivity index (χ0) is 61.0. The molecule has 0 aromatic heterocycles. The number of carbonyl (C=O) groups excluding carboxylic acids is 6. The molecule has 5 aromatic carbocycles. The van der Waals surface area contributed by atoms with Crippen molar-refractivity contribution in [3.63, 3.8) is 0 Å². The minimum atomic E-state index is -2.13. The molecule has 0 spiro atoms. The first kappa shape index (κ1) is 63.5. The molecular formula is C59H60Cl3N5O18. The van der Waals surface area contributed by atoms with Crippen LogP contribution in [0.4, 0.5) is 9.59 Å². The molecule has 5 aromatic rings. The van der Waals surface area contributed by atoms with Crippen LogP contribution in [-0.4, -0.2) is 156 Å². The number of esters is 4. The van der Waals surface area contributed by atoms with Crippen molar-refractivity contribution in [1.29, 1.82) is 0 Å². The van der Waals surface area contributed by atoms with Crippen LogP contribution in [0.25, 0.3) is 21.6 Å². The van der Waals surface area contributed by atoms with E-state index in [1.807, 2.05) is 48.5 Å². The number of nitrogens with zero attached hydrogens (tertiary/aromatic N) is 3. The number of ether oxygens (including phenoxy) is 10. The van der Waals surface area contributed by atoms with Crippen molar-refractivity contribution >= 4 is 70.9 Å². The average Bonchev–Trinajstić information content (AvgIpc) is 2.27. The van der Waals surface area contributed by atoms with Gasteiger partial charge < -0.3 is 68.2 Å². The van der Waals surface area contributed by atoms with Crippen LogP contribution in [0.2, 0.25) is 0 Å². The van der Waals surface area contributed by atoms with Gasteiger partial charge in [-0.3, -0.25) is 0 Å². The second-order valence-corrected chi connectivity index (χ2v) is 23.2. The van der Waals surface area contributed by atoms with Gasteiger partial charge in [0.2, 0.25) is 3.79 Å². The van der Waals surface area contributed by atoms with Gasteiger partial charge in [-0.25, -0.2) is 28.8 Å². The number of rotatable bonds is 20. The molecule has 4 N–H and O–H groups in total. The molecule has 2 aliphatic heterocycles. The maximum absolute atomic E-state index is 14.1. The Balaban J connectivity index is 1.08. The van der Waals surface area contributed by atoms with Crippen LogP contribution in [0.1, 0.15) is 75.8 Å². The third-order valence-electron chi connectivity index (χ3n) is 13.6. The van der Waals surface area contributed by atoms with Crippen molar-refractivity contribution in [2.45, 2.75) is 116 Å². The van der Waals surface area contributed by atoms with Gasteiger partial charge in [0, 0.05) is 10.8 Å². The fourth-order valence-corrected chi connectivity index (χ4v) is 9.78. The Hall–Kier alpha value is -7.54. The molecule has 85 heavy (non-hydrogen) atoms. The fourth-order valence-electron chi connectivity index (χ4n) is 9.62. The maximum atomic E-state index is 14.1. The molecular weight excluding hydrogens is 1170 g/mol. The number of alkyl halides is 3. The van der Waals surface area contributed by atoms with Gasteiger partial charge in [0.05, 0.1) is 35.5 Å². The van der Waals surface area contributed by atoms with Crippen molar-refractivity contribution in [3.8, 4) is 11.1 Å². The molecule has 12 atom stereocenters. The summed E-state index contributed by atoms with van der Waals surface area (Å²) < 4.78 is 57.5. The molecule has 0 saturated carbocycles. The molecule has 8 rings (SSSR count). The molecule has 1 aliphatic carbocycles. The summed E-state index contributed by atoms with van der Waals surface area (Å²) in [5.41, 5.74) is 12.6. The van der Waals surface area contributed by atoms with E-state index in [1.54, 1.807) is 75.4 Å². The summed E-state index contributed by atoms with van der Waals surface area (Å²) in [5.74, 6) is -4.17. The molecule has 26 heteroatoms. The highest BCUT2D eigenvalue weighted by Crippen LogP contribution is 2.44. The molecule has 450 valence electrons. The van der Waals surface area contributed by atoms with Gasteiger partial charge >= 0.3 is 36.1 Å². The van der Waals surface area contributed by atoms with Crippen molar-refractivity contribution in [1.82, 2.24) is 10.6 Å². The molecule has 2 saturated heterocycles. The predicted octanol–water partition coefficient (Wildman–Crippen LogP) is 8.28. The van der Waals surface area contributed by atoms with Crippen LogP contribution >= 0.6 is 34.8 Å². The van der Waals surface area contributed by atoms with Gasteiger partial charge in [-0.2, -0.15) is 0 Å². The van der Waals surface area contributed by atoms with Gasteiger partial charge in [0.15, 0.2) is 30.8 Å². The van der Waals surface area contributed by atoms with Crippen LogP contribution < -0.4 is 10.6 Å². The Morgan fingerprint density at radius 1 is 0.635 bits per heavy atom. The second-order valence-electron chi connectivity index (χ2n) is 20.7. The summed E-state index contributed by atoms with van der Waals surface area (Å²) in [6.45, 7) is 3.65. The van der Waals surface area contributed by atoms with Crippen molar-refractivity contribution in [2.75, 3.05) is 26.4 Å². The van der Waals surface area contributed by atoms with E-state index in [1.165, 1.54) is 43.3 Å². The molecule has 2 amide bonds. The van der Waals surface area contributed by atoms with E-state index in [4.69, 9.17) is 82.2 Å². The lowest BCUT2D eigenvalue weighted by Crippen LogP contribution is -2.67. The second kappa shape index (κ2) is 28.6. The highest BCUT2D eigenvalue weighted by molar-refractivity contribution is 6.67. The van der Waals surface area contributed by atoms with Gasteiger partial charge in [-0.05, 0) is 91.9 Å². The van der Waals surface area contributed by atoms with E-state index in [9.17, 15) is 44.5 Å². The number of aliphatic hydroxyl groups excluding tert-OH is 2. The fraction of sp³-hybridized carbons (Fsp3) is 0.390. The summed E-state index contributed by atoms with van der Waals surface area (Å²) in [6.07, 6.45) is -18.4. The predicted molar refractivity (Wildman–Crippen MR) is 303 cm³/mol. The Morgan fingerprint density at radius 2 is 1.15 bits per heavy atom. The van der Waals surface area contributed by atoms with Crippen LogP contribution in [0.5, 0.6) is 0 Å². The summed E-state index contributed by atoms with van der Waals surface area (Å²) in [5, 5.41) is 31.9. The van der Waals surface area contributed by atoms with Crippen LogP contribution in [-0.2, 0) is 52.2 Å². The van der Waals surface area contributed by atoms with E-state index in [2.05, 4.69) is 20.7 Å². The third-order valence-corrected chi connectivity index (χ3v) is 13.9. The van der Waals surface area contributed by atoms with Gasteiger partial charge in [-0.15, -0.1) is 0 Å². The first-order valence-corrected chi connectivity index (χ1v) is 27.8. The van der Waals surface area contributed by atoms with Crippen molar-refractivity contribution in [3.05, 3.63) is 178 Å². The van der Waals surface area contributed by atoms with E-state index in [-0.39, 0.29) is 29.2 Å². The Morgan fingerprint density at radius 3 is 1.69 bits per heavy atom. The average molecular weight is 1230 g/mol. The summed E-state index contributed by atoms with van der Waals surface area (Å²) in [6, 6.07) is 33.2. The van der Waals surface area contributed by atoms with E-state index >= 15 is 0 Å². The topological polar surface area (TPSA) is 308 Å². The maximum Gasteiger partial charge on any atom is 0.407 e. The number of alkyl carbamates (subject to hydrolysis) is 2. The number of fused-ring (bicyclic) bond motifs is 3. The monoisotopic (exact) mass is 1230 g/mol. The highest BCUT2D eigenvalue weighted by Gasteiger charge is 2.54. The highest BCUT2D eigenvalue weighted by atomic mass is 35.6. The van der Waals surface area contributed by atoms with Crippen LogP contribution in [0.3, 0.4) is 0 Å². The largest absolute Gasteiger partial charge is 0.459 e. The van der Waals surface area contributed by atoms with Crippen LogP contribution in [0.15, 0.2) is 145 Å². The number of hydrogen-bond acceptors (Lipinski definition) is 19. The zero-order valence-electron chi connectivity index (χ0n) is 46.0. The summed E-state index contributed by atoms with van der Waals surface area (Å²) in [7, 11) is 0. The van der Waals surface area contributed by atoms with Crippen LogP contribution in [0, 0.1) is 0 Å². The lowest BCUT2D eigenvalue weighted by atomic mass is 9.95. The SMILES string of the molecule is C[C@@H](O[C@H]1O[C@H](CO[C@@H]2O[C@H](COC(=O)c3ccccc3)[C@@H](OC(=O)c3ccccc3)[C@H](OC(=O)c3ccccc3)[C@H]2NC(=O)OCC(Cl)(Cl)Cl)[C@H](O)[C@H](O)[C@H]1N=[N+]=[N-])[C@H](NC(=O)OCC1c2ccccc2-c2ccccc21)C(=O)OC(C)(C)C. The molecule has 2 heterocycles. The first-order chi connectivity index (χ1) is 40.6. The number of hydrogen-bond donors (Lipinski definition) is 4. The Kier molecular flexibility index (Phi) is 21.3. The minimum absolute atomic E-state index is 0.00543. The van der Waals surface area contributed by atoms with Gasteiger partial charge in [0.25, 0.3) is 0 Å². The summed E-state index contributed by atoms with van der Waals surface area (Å²) >= 11 is 17.8. The molecule has 23 nitrogen and oxygen atoms in total. The van der Waals surface area contributed by atoms with E-state index in [0.29, 0.717) is 0 Å². The normalized spacial score (nSPS) is 23.4. The number of aliphatic hydroxyl groups is 2. The number of halogens is 3.